The number of benzene rings is 2. The molecule has 4 nitrogen and oxygen atoms in total. The molecule has 0 heterocycles. The van der Waals surface area contributed by atoms with Crippen molar-refractivity contribution in [3.05, 3.63) is 65.5 Å². The Labute approximate surface area is 129 Å². The number of hydrogen-bond acceptors (Lipinski definition) is 2. The zero-order valence-corrected chi connectivity index (χ0v) is 12.4. The molecule has 2 N–H and O–H groups in total. The molecule has 2 aromatic carbocycles. The molecule has 0 aliphatic carbocycles. The number of nitrogens with one attached hydrogen (secondary N) is 2. The first kappa shape index (κ1) is 15.8. The number of halogens is 1. The topological polar surface area (TPSA) is 50.4 Å². The van der Waals surface area contributed by atoms with E-state index in [1.165, 1.54) is 12.1 Å². The summed E-state index contributed by atoms with van der Waals surface area (Å²) in [6.45, 7) is 3.10. The van der Waals surface area contributed by atoms with E-state index in [-0.39, 0.29) is 18.5 Å². The number of carbonyl (C=O) groups excluding carboxylic acids is 1. The molecule has 116 valence electrons. The second-order valence-electron chi connectivity index (χ2n) is 4.84. The molecule has 0 fully saturated rings. The fourth-order valence-electron chi connectivity index (χ4n) is 1.94. The third-order valence-corrected chi connectivity index (χ3v) is 3.15. The lowest BCUT2D eigenvalue weighted by Gasteiger charge is -2.10. The van der Waals surface area contributed by atoms with E-state index in [0.717, 1.165) is 11.1 Å². The smallest absolute Gasteiger partial charge is 0.315 e. The van der Waals surface area contributed by atoms with E-state index in [1.807, 2.05) is 31.2 Å². The van der Waals surface area contributed by atoms with Crippen molar-refractivity contribution in [3.8, 4) is 5.75 Å². The van der Waals surface area contributed by atoms with Crippen molar-refractivity contribution in [1.82, 2.24) is 10.6 Å². The summed E-state index contributed by atoms with van der Waals surface area (Å²) in [6, 6.07) is 13.5. The molecular formula is C17H19FN2O2. The number of carbonyl (C=O) groups is 1. The zero-order valence-electron chi connectivity index (χ0n) is 12.4. The second kappa shape index (κ2) is 8.02. The van der Waals surface area contributed by atoms with Crippen molar-refractivity contribution < 1.29 is 13.9 Å². The average Bonchev–Trinajstić information content (AvgIpc) is 2.51. The van der Waals surface area contributed by atoms with Gasteiger partial charge in [-0.1, -0.05) is 30.3 Å². The molecule has 2 rings (SSSR count). The van der Waals surface area contributed by atoms with Gasteiger partial charge in [-0.15, -0.1) is 0 Å². The van der Waals surface area contributed by atoms with Crippen LogP contribution in [-0.2, 0) is 6.54 Å². The Morgan fingerprint density at radius 1 is 1.14 bits per heavy atom. The maximum atomic E-state index is 12.9. The minimum absolute atomic E-state index is 0.258. The fraction of sp³-hybridized carbons (Fsp3) is 0.235. The van der Waals surface area contributed by atoms with E-state index in [0.29, 0.717) is 18.8 Å². The highest BCUT2D eigenvalue weighted by Gasteiger charge is 2.02. The highest BCUT2D eigenvalue weighted by molar-refractivity contribution is 5.73. The molecule has 0 saturated carbocycles. The first-order valence-corrected chi connectivity index (χ1v) is 7.10. The molecule has 0 spiro atoms. The molecule has 22 heavy (non-hydrogen) atoms. The van der Waals surface area contributed by atoms with Crippen LogP contribution in [0, 0.1) is 12.7 Å². The van der Waals surface area contributed by atoms with Crippen LogP contribution >= 0.6 is 0 Å². The van der Waals surface area contributed by atoms with Crippen LogP contribution in [0.5, 0.6) is 5.75 Å². The minimum atomic E-state index is -0.346. The molecule has 0 atom stereocenters. The summed E-state index contributed by atoms with van der Waals surface area (Å²) in [5.74, 6) is 0.101. The van der Waals surface area contributed by atoms with Crippen molar-refractivity contribution in [2.24, 2.45) is 0 Å². The second-order valence-corrected chi connectivity index (χ2v) is 4.84. The number of aryl methyl sites for hydroxylation is 1. The van der Waals surface area contributed by atoms with Gasteiger partial charge in [-0.3, -0.25) is 0 Å². The van der Waals surface area contributed by atoms with Crippen molar-refractivity contribution in [3.63, 3.8) is 0 Å². The predicted molar refractivity (Wildman–Crippen MR) is 83.3 cm³/mol. The zero-order chi connectivity index (χ0) is 15.8. The van der Waals surface area contributed by atoms with Gasteiger partial charge in [0.05, 0.1) is 6.54 Å². The van der Waals surface area contributed by atoms with Crippen LogP contribution in [0.15, 0.2) is 48.5 Å². The van der Waals surface area contributed by atoms with E-state index in [1.54, 1.807) is 12.1 Å². The van der Waals surface area contributed by atoms with Crippen LogP contribution in [0.25, 0.3) is 0 Å². The van der Waals surface area contributed by atoms with Crippen LogP contribution in [0.4, 0.5) is 9.18 Å². The summed E-state index contributed by atoms with van der Waals surface area (Å²) >= 11 is 0. The maximum absolute atomic E-state index is 12.9. The lowest BCUT2D eigenvalue weighted by molar-refractivity contribution is 0.236. The molecule has 0 unspecified atom stereocenters. The Balaban J connectivity index is 1.65. The molecule has 2 amide bonds. The van der Waals surface area contributed by atoms with Gasteiger partial charge < -0.3 is 15.4 Å². The standard InChI is InChI=1S/C17H19FN2O2/c1-13-5-2-3-6-14(13)12-20-17(21)19-9-10-22-16-8-4-7-15(18)11-16/h2-8,11H,9-10,12H2,1H3,(H2,19,20,21). The van der Waals surface area contributed by atoms with Crippen LogP contribution in [0.2, 0.25) is 0 Å². The molecule has 2 aromatic rings. The third-order valence-electron chi connectivity index (χ3n) is 3.15. The van der Waals surface area contributed by atoms with Gasteiger partial charge in [-0.2, -0.15) is 0 Å². The summed E-state index contributed by atoms with van der Waals surface area (Å²) < 4.78 is 18.3. The summed E-state index contributed by atoms with van der Waals surface area (Å²) in [5.41, 5.74) is 2.21. The monoisotopic (exact) mass is 302 g/mol. The van der Waals surface area contributed by atoms with E-state index in [4.69, 9.17) is 4.74 Å². The van der Waals surface area contributed by atoms with Crippen molar-refractivity contribution >= 4 is 6.03 Å². The van der Waals surface area contributed by atoms with Crippen LogP contribution in [-0.4, -0.2) is 19.2 Å². The molecule has 5 heteroatoms. The highest BCUT2D eigenvalue weighted by atomic mass is 19.1. The van der Waals surface area contributed by atoms with Crippen LogP contribution in [0.3, 0.4) is 0 Å². The van der Waals surface area contributed by atoms with Crippen molar-refractivity contribution in [1.29, 1.82) is 0 Å². The Morgan fingerprint density at radius 2 is 1.95 bits per heavy atom. The van der Waals surface area contributed by atoms with Gasteiger partial charge in [0.25, 0.3) is 0 Å². The van der Waals surface area contributed by atoms with Crippen molar-refractivity contribution in [2.45, 2.75) is 13.5 Å². The fourth-order valence-corrected chi connectivity index (χ4v) is 1.94. The summed E-state index contributed by atoms with van der Waals surface area (Å²) in [7, 11) is 0. The van der Waals surface area contributed by atoms with E-state index in [9.17, 15) is 9.18 Å². The van der Waals surface area contributed by atoms with Gasteiger partial charge in [0.15, 0.2) is 0 Å². The molecule has 0 bridgehead atoms. The predicted octanol–water partition coefficient (Wildman–Crippen LogP) is 3.01. The van der Waals surface area contributed by atoms with Crippen LogP contribution < -0.4 is 15.4 Å². The van der Waals surface area contributed by atoms with Gasteiger partial charge in [-0.05, 0) is 30.2 Å². The molecule has 0 saturated heterocycles. The Morgan fingerprint density at radius 3 is 2.73 bits per heavy atom. The summed E-state index contributed by atoms with van der Waals surface area (Å²) in [6.07, 6.45) is 0. The van der Waals surface area contributed by atoms with Crippen molar-refractivity contribution in [2.75, 3.05) is 13.2 Å². The summed E-state index contributed by atoms with van der Waals surface area (Å²) in [5, 5.41) is 5.47. The average molecular weight is 302 g/mol. The largest absolute Gasteiger partial charge is 0.492 e. The number of amides is 2. The first-order chi connectivity index (χ1) is 10.6. The Bertz CT molecular complexity index is 632. The van der Waals surface area contributed by atoms with Gasteiger partial charge in [0.2, 0.25) is 0 Å². The SMILES string of the molecule is Cc1ccccc1CNC(=O)NCCOc1cccc(F)c1. The van der Waals surface area contributed by atoms with E-state index >= 15 is 0 Å². The molecule has 0 aromatic heterocycles. The highest BCUT2D eigenvalue weighted by Crippen LogP contribution is 2.11. The molecule has 0 aliphatic rings. The quantitative estimate of drug-likeness (QED) is 0.806. The summed E-state index contributed by atoms with van der Waals surface area (Å²) in [4.78, 5) is 11.7. The van der Waals surface area contributed by atoms with Gasteiger partial charge >= 0.3 is 6.03 Å². The number of rotatable bonds is 6. The number of hydrogen-bond donors (Lipinski definition) is 2. The van der Waals surface area contributed by atoms with E-state index in [2.05, 4.69) is 10.6 Å². The Kier molecular flexibility index (Phi) is 5.77. The number of ether oxygens (including phenoxy) is 1. The van der Waals surface area contributed by atoms with Crippen LogP contribution in [0.1, 0.15) is 11.1 Å². The normalized spacial score (nSPS) is 10.1. The lowest BCUT2D eigenvalue weighted by Crippen LogP contribution is -2.37. The Hall–Kier alpha value is -2.56. The maximum Gasteiger partial charge on any atom is 0.315 e. The van der Waals surface area contributed by atoms with Gasteiger partial charge in [0.1, 0.15) is 18.2 Å². The minimum Gasteiger partial charge on any atom is -0.492 e. The molecular weight excluding hydrogens is 283 g/mol. The van der Waals surface area contributed by atoms with Gasteiger partial charge in [-0.25, -0.2) is 9.18 Å². The first-order valence-electron chi connectivity index (χ1n) is 7.10. The molecule has 0 aliphatic heterocycles. The van der Waals surface area contributed by atoms with Gasteiger partial charge in [0, 0.05) is 12.6 Å². The third kappa shape index (κ3) is 5.09. The lowest BCUT2D eigenvalue weighted by atomic mass is 10.1. The molecule has 0 radical (unpaired) electrons. The van der Waals surface area contributed by atoms with E-state index < -0.39 is 0 Å². The number of urea groups is 1.